The molecule has 0 unspecified atom stereocenters. The molecule has 0 aliphatic heterocycles. The molecule has 0 aliphatic carbocycles. The van der Waals surface area contributed by atoms with Crippen LogP contribution in [0.1, 0.15) is 11.6 Å². The van der Waals surface area contributed by atoms with Crippen molar-refractivity contribution < 1.29 is 18.8 Å². The van der Waals surface area contributed by atoms with E-state index in [0.717, 1.165) is 11.3 Å². The number of hydrogen-bond donors (Lipinski definition) is 0. The molecule has 0 amide bonds. The van der Waals surface area contributed by atoms with E-state index in [1.807, 2.05) is 30.3 Å². The predicted molar refractivity (Wildman–Crippen MR) is 105 cm³/mol. The summed E-state index contributed by atoms with van der Waals surface area (Å²) < 4.78 is 17.2. The highest BCUT2D eigenvalue weighted by Gasteiger charge is 2.11. The SMILES string of the molecule is COc1ccc(-c2noc(COC(=O)/C=C/c3c(Cl)nc4ccccn34)n2)cc1. The van der Waals surface area contributed by atoms with Gasteiger partial charge in [0, 0.05) is 17.8 Å². The quantitative estimate of drug-likeness (QED) is 0.352. The Morgan fingerprint density at radius 2 is 2.03 bits per heavy atom. The molecule has 0 fully saturated rings. The zero-order chi connectivity index (χ0) is 20.2. The summed E-state index contributed by atoms with van der Waals surface area (Å²) in [4.78, 5) is 20.4. The van der Waals surface area contributed by atoms with Crippen molar-refractivity contribution in [1.82, 2.24) is 19.5 Å². The first kappa shape index (κ1) is 18.7. The second-order valence-corrected chi connectivity index (χ2v) is 6.26. The number of carbonyl (C=O) groups is 1. The fraction of sp³-hybridized carbons (Fsp3) is 0.100. The summed E-state index contributed by atoms with van der Waals surface area (Å²) in [6, 6.07) is 12.7. The van der Waals surface area contributed by atoms with E-state index in [4.69, 9.17) is 25.6 Å². The number of nitrogens with zero attached hydrogens (tertiary/aromatic N) is 4. The number of carbonyl (C=O) groups excluding carboxylic acids is 1. The first-order chi connectivity index (χ1) is 14.1. The molecule has 0 atom stereocenters. The van der Waals surface area contributed by atoms with Crippen molar-refractivity contribution in [3.05, 3.63) is 71.5 Å². The summed E-state index contributed by atoms with van der Waals surface area (Å²) in [5.41, 5.74) is 2.02. The van der Waals surface area contributed by atoms with Gasteiger partial charge < -0.3 is 14.0 Å². The van der Waals surface area contributed by atoms with Crippen molar-refractivity contribution in [1.29, 1.82) is 0 Å². The minimum Gasteiger partial charge on any atom is -0.497 e. The summed E-state index contributed by atoms with van der Waals surface area (Å²) >= 11 is 6.13. The molecule has 3 aromatic heterocycles. The molecule has 1 aromatic carbocycles. The summed E-state index contributed by atoms with van der Waals surface area (Å²) in [5, 5.41) is 4.18. The second kappa shape index (κ2) is 8.15. The standard InChI is InChI=1S/C20H15ClN4O4/c1-27-14-7-5-13(6-8-14)20-23-17(29-24-20)12-28-18(26)10-9-15-19(21)22-16-4-2-3-11-25(15)16/h2-11H,12H2,1H3/b10-9+. The number of ether oxygens (including phenoxy) is 2. The lowest BCUT2D eigenvalue weighted by atomic mass is 10.2. The molecule has 4 rings (SSSR count). The smallest absolute Gasteiger partial charge is 0.331 e. The maximum atomic E-state index is 12.0. The maximum absolute atomic E-state index is 12.0. The van der Waals surface area contributed by atoms with E-state index in [1.165, 1.54) is 6.08 Å². The average Bonchev–Trinajstić information content (AvgIpc) is 3.34. The Morgan fingerprint density at radius 1 is 1.21 bits per heavy atom. The lowest BCUT2D eigenvalue weighted by Gasteiger charge is -1.99. The second-order valence-electron chi connectivity index (χ2n) is 5.90. The maximum Gasteiger partial charge on any atom is 0.331 e. The molecule has 0 spiro atoms. The topological polar surface area (TPSA) is 91.8 Å². The van der Waals surface area contributed by atoms with E-state index < -0.39 is 5.97 Å². The van der Waals surface area contributed by atoms with Gasteiger partial charge in [0.05, 0.1) is 12.8 Å². The van der Waals surface area contributed by atoms with Crippen molar-refractivity contribution >= 4 is 29.3 Å². The van der Waals surface area contributed by atoms with Crippen molar-refractivity contribution in [2.75, 3.05) is 7.11 Å². The van der Waals surface area contributed by atoms with E-state index in [-0.39, 0.29) is 12.5 Å². The first-order valence-electron chi connectivity index (χ1n) is 8.58. The zero-order valence-corrected chi connectivity index (χ0v) is 16.0. The number of halogens is 1. The van der Waals surface area contributed by atoms with Gasteiger partial charge in [-0.25, -0.2) is 9.78 Å². The van der Waals surface area contributed by atoms with Gasteiger partial charge in [0.1, 0.15) is 11.4 Å². The van der Waals surface area contributed by atoms with Crippen LogP contribution in [-0.4, -0.2) is 32.6 Å². The number of fused-ring (bicyclic) bond motifs is 1. The largest absolute Gasteiger partial charge is 0.497 e. The van der Waals surface area contributed by atoms with Crippen LogP contribution in [0.25, 0.3) is 23.1 Å². The van der Waals surface area contributed by atoms with Crippen LogP contribution in [-0.2, 0) is 16.1 Å². The van der Waals surface area contributed by atoms with Gasteiger partial charge >= 0.3 is 5.97 Å². The van der Waals surface area contributed by atoms with Gasteiger partial charge in [0.15, 0.2) is 11.8 Å². The average molecular weight is 411 g/mol. The molecule has 8 nitrogen and oxygen atoms in total. The molecule has 29 heavy (non-hydrogen) atoms. The van der Waals surface area contributed by atoms with E-state index in [2.05, 4.69) is 15.1 Å². The van der Waals surface area contributed by atoms with Crippen molar-refractivity contribution in [2.24, 2.45) is 0 Å². The van der Waals surface area contributed by atoms with Crippen LogP contribution in [0.4, 0.5) is 0 Å². The minimum absolute atomic E-state index is 0.146. The number of benzene rings is 1. The van der Waals surface area contributed by atoms with Crippen molar-refractivity contribution in [3.8, 4) is 17.1 Å². The molecule has 0 aliphatic rings. The first-order valence-corrected chi connectivity index (χ1v) is 8.96. The van der Waals surface area contributed by atoms with E-state index in [1.54, 1.807) is 35.9 Å². The fourth-order valence-electron chi connectivity index (χ4n) is 2.63. The van der Waals surface area contributed by atoms with Crippen LogP contribution in [0.5, 0.6) is 5.75 Å². The molecule has 0 N–H and O–H groups in total. The van der Waals surface area contributed by atoms with Gasteiger partial charge in [-0.2, -0.15) is 4.98 Å². The number of methoxy groups -OCH3 is 1. The lowest BCUT2D eigenvalue weighted by Crippen LogP contribution is -2.01. The summed E-state index contributed by atoms with van der Waals surface area (Å²) in [6.45, 7) is -0.146. The number of rotatable bonds is 6. The van der Waals surface area contributed by atoms with Gasteiger partial charge in [-0.1, -0.05) is 22.8 Å². The third-order valence-electron chi connectivity index (χ3n) is 4.05. The molecule has 0 bridgehead atoms. The van der Waals surface area contributed by atoms with Gasteiger partial charge in [-0.15, -0.1) is 0 Å². The number of pyridine rings is 1. The Balaban J connectivity index is 1.39. The van der Waals surface area contributed by atoms with Crippen LogP contribution in [0, 0.1) is 0 Å². The molecule has 9 heteroatoms. The predicted octanol–water partition coefficient (Wildman–Crippen LogP) is 3.80. The number of imidazole rings is 1. The summed E-state index contributed by atoms with van der Waals surface area (Å²) in [6.07, 6.45) is 4.61. The van der Waals surface area contributed by atoms with Crippen LogP contribution >= 0.6 is 11.6 Å². The highest BCUT2D eigenvalue weighted by molar-refractivity contribution is 6.31. The Bertz CT molecular complexity index is 1180. The molecule has 0 saturated carbocycles. The third kappa shape index (κ3) is 4.12. The molecule has 0 radical (unpaired) electrons. The molecular weight excluding hydrogens is 396 g/mol. The van der Waals surface area contributed by atoms with Crippen molar-refractivity contribution in [3.63, 3.8) is 0 Å². The monoisotopic (exact) mass is 410 g/mol. The zero-order valence-electron chi connectivity index (χ0n) is 15.3. The van der Waals surface area contributed by atoms with Gasteiger partial charge in [-0.3, -0.25) is 4.40 Å². The molecule has 4 aromatic rings. The summed E-state index contributed by atoms with van der Waals surface area (Å²) in [7, 11) is 1.59. The fourth-order valence-corrected chi connectivity index (χ4v) is 2.87. The highest BCUT2D eigenvalue weighted by Crippen LogP contribution is 2.20. The van der Waals surface area contributed by atoms with Crippen LogP contribution in [0.15, 0.2) is 59.3 Å². The Hall–Kier alpha value is -3.65. The normalized spacial score (nSPS) is 11.2. The minimum atomic E-state index is -0.573. The Labute approximate surface area is 170 Å². The van der Waals surface area contributed by atoms with Gasteiger partial charge in [0.25, 0.3) is 5.89 Å². The van der Waals surface area contributed by atoms with Crippen LogP contribution in [0.3, 0.4) is 0 Å². The Kier molecular flexibility index (Phi) is 5.26. The van der Waals surface area contributed by atoms with E-state index >= 15 is 0 Å². The molecular formula is C20H15ClN4O4. The molecule has 0 saturated heterocycles. The van der Waals surface area contributed by atoms with Gasteiger partial charge in [0.2, 0.25) is 5.82 Å². The number of aromatic nitrogens is 4. The highest BCUT2D eigenvalue weighted by atomic mass is 35.5. The van der Waals surface area contributed by atoms with Gasteiger partial charge in [-0.05, 0) is 42.5 Å². The van der Waals surface area contributed by atoms with Crippen molar-refractivity contribution in [2.45, 2.75) is 6.61 Å². The van der Waals surface area contributed by atoms with Crippen LogP contribution in [0.2, 0.25) is 5.15 Å². The lowest BCUT2D eigenvalue weighted by molar-refractivity contribution is -0.139. The van der Waals surface area contributed by atoms with E-state index in [0.29, 0.717) is 22.3 Å². The van der Waals surface area contributed by atoms with Crippen LogP contribution < -0.4 is 4.74 Å². The molecule has 3 heterocycles. The Morgan fingerprint density at radius 3 is 2.83 bits per heavy atom. The third-order valence-corrected chi connectivity index (χ3v) is 4.33. The number of esters is 1. The van der Waals surface area contributed by atoms with E-state index in [9.17, 15) is 4.79 Å². The number of hydrogen-bond acceptors (Lipinski definition) is 7. The summed E-state index contributed by atoms with van der Waals surface area (Å²) in [5.74, 6) is 0.734. The molecule has 146 valence electrons.